The molecule has 6 heteroatoms. The van der Waals surface area contributed by atoms with E-state index in [0.717, 1.165) is 30.1 Å². The number of hydrogen-bond acceptors (Lipinski definition) is 4. The summed E-state index contributed by atoms with van der Waals surface area (Å²) in [6.45, 7) is 4.40. The standard InChI is InChI=1S/C22H27N3O3/c1-17(26)23-21(18-6-4-3-5-7-18)16-22(27)25-14-12-24(13-15-25)19-8-10-20(28-2)11-9-19/h3-11,21H,12-16H2,1-2H3,(H,23,26). The fourth-order valence-electron chi connectivity index (χ4n) is 3.49. The molecule has 0 aliphatic carbocycles. The lowest BCUT2D eigenvalue weighted by Crippen LogP contribution is -2.49. The van der Waals surface area contributed by atoms with Crippen molar-refractivity contribution in [1.82, 2.24) is 10.2 Å². The van der Waals surface area contributed by atoms with E-state index in [1.165, 1.54) is 6.92 Å². The highest BCUT2D eigenvalue weighted by Gasteiger charge is 2.25. The number of rotatable bonds is 6. The quantitative estimate of drug-likeness (QED) is 0.836. The van der Waals surface area contributed by atoms with Crippen LogP contribution < -0.4 is 15.0 Å². The average Bonchev–Trinajstić information content (AvgIpc) is 2.74. The van der Waals surface area contributed by atoms with Crippen molar-refractivity contribution < 1.29 is 14.3 Å². The average molecular weight is 381 g/mol. The smallest absolute Gasteiger partial charge is 0.225 e. The third-order valence-electron chi connectivity index (χ3n) is 5.03. The first kappa shape index (κ1) is 19.7. The van der Waals surface area contributed by atoms with Gasteiger partial charge in [0, 0.05) is 38.8 Å². The van der Waals surface area contributed by atoms with Crippen molar-refractivity contribution in [2.75, 3.05) is 38.2 Å². The highest BCUT2D eigenvalue weighted by molar-refractivity contribution is 5.79. The van der Waals surface area contributed by atoms with E-state index in [0.29, 0.717) is 13.1 Å². The first-order valence-corrected chi connectivity index (χ1v) is 9.55. The normalized spacial score (nSPS) is 15.1. The topological polar surface area (TPSA) is 61.9 Å². The second-order valence-electron chi connectivity index (χ2n) is 6.93. The molecule has 2 amide bonds. The van der Waals surface area contributed by atoms with Crippen LogP contribution in [0.1, 0.15) is 24.9 Å². The van der Waals surface area contributed by atoms with Crippen molar-refractivity contribution in [1.29, 1.82) is 0 Å². The van der Waals surface area contributed by atoms with Gasteiger partial charge in [-0.1, -0.05) is 30.3 Å². The van der Waals surface area contributed by atoms with Gasteiger partial charge in [0.05, 0.1) is 19.6 Å². The number of amides is 2. The minimum Gasteiger partial charge on any atom is -0.497 e. The highest BCUT2D eigenvalue weighted by atomic mass is 16.5. The predicted molar refractivity (Wildman–Crippen MR) is 109 cm³/mol. The lowest BCUT2D eigenvalue weighted by molar-refractivity contribution is -0.132. The first-order chi connectivity index (χ1) is 13.6. The fraction of sp³-hybridized carbons (Fsp3) is 0.364. The molecule has 1 heterocycles. The summed E-state index contributed by atoms with van der Waals surface area (Å²) in [5.41, 5.74) is 2.08. The molecule has 1 N–H and O–H groups in total. The van der Waals surface area contributed by atoms with Crippen LogP contribution in [-0.4, -0.2) is 50.0 Å². The van der Waals surface area contributed by atoms with Crippen LogP contribution in [0.25, 0.3) is 0 Å². The molecule has 1 saturated heterocycles. The molecule has 0 bridgehead atoms. The van der Waals surface area contributed by atoms with Crippen molar-refractivity contribution in [3.8, 4) is 5.75 Å². The minimum atomic E-state index is -0.300. The van der Waals surface area contributed by atoms with Crippen molar-refractivity contribution in [2.24, 2.45) is 0 Å². The van der Waals surface area contributed by atoms with E-state index in [9.17, 15) is 9.59 Å². The first-order valence-electron chi connectivity index (χ1n) is 9.55. The Balaban J connectivity index is 1.58. The van der Waals surface area contributed by atoms with E-state index < -0.39 is 0 Å². The number of nitrogens with one attached hydrogen (secondary N) is 1. The van der Waals surface area contributed by atoms with Crippen molar-refractivity contribution in [2.45, 2.75) is 19.4 Å². The molecule has 1 fully saturated rings. The van der Waals surface area contributed by atoms with Gasteiger partial charge in [0.2, 0.25) is 11.8 Å². The molecule has 28 heavy (non-hydrogen) atoms. The summed E-state index contributed by atoms with van der Waals surface area (Å²) in [4.78, 5) is 28.6. The van der Waals surface area contributed by atoms with Gasteiger partial charge in [0.25, 0.3) is 0 Å². The summed E-state index contributed by atoms with van der Waals surface area (Å²) in [5, 5.41) is 2.90. The number of carbonyl (C=O) groups is 2. The number of benzene rings is 2. The largest absolute Gasteiger partial charge is 0.497 e. The van der Waals surface area contributed by atoms with Gasteiger partial charge in [-0.3, -0.25) is 9.59 Å². The van der Waals surface area contributed by atoms with Gasteiger partial charge >= 0.3 is 0 Å². The van der Waals surface area contributed by atoms with Crippen LogP contribution in [0.15, 0.2) is 54.6 Å². The summed E-state index contributed by atoms with van der Waals surface area (Å²) < 4.78 is 5.20. The molecular formula is C22H27N3O3. The van der Waals surface area contributed by atoms with Gasteiger partial charge < -0.3 is 19.9 Å². The van der Waals surface area contributed by atoms with E-state index in [4.69, 9.17) is 4.74 Å². The van der Waals surface area contributed by atoms with Crippen molar-refractivity contribution in [3.05, 3.63) is 60.2 Å². The van der Waals surface area contributed by atoms with Gasteiger partial charge in [-0.25, -0.2) is 0 Å². The van der Waals surface area contributed by atoms with Crippen molar-refractivity contribution in [3.63, 3.8) is 0 Å². The highest BCUT2D eigenvalue weighted by Crippen LogP contribution is 2.22. The maximum Gasteiger partial charge on any atom is 0.225 e. The lowest BCUT2D eigenvalue weighted by atomic mass is 10.0. The Labute approximate surface area is 166 Å². The fourth-order valence-corrected chi connectivity index (χ4v) is 3.49. The molecule has 148 valence electrons. The Bertz CT molecular complexity index is 784. The van der Waals surface area contributed by atoms with E-state index in [2.05, 4.69) is 10.2 Å². The third kappa shape index (κ3) is 5.03. The maximum atomic E-state index is 12.8. The Morgan fingerprint density at radius 3 is 2.21 bits per heavy atom. The van der Waals surface area contributed by atoms with E-state index in [1.54, 1.807) is 7.11 Å². The molecule has 1 unspecified atom stereocenters. The van der Waals surface area contributed by atoms with Gasteiger partial charge in [-0.2, -0.15) is 0 Å². The molecule has 6 nitrogen and oxygen atoms in total. The molecule has 1 aliphatic heterocycles. The maximum absolute atomic E-state index is 12.8. The zero-order valence-electron chi connectivity index (χ0n) is 16.4. The number of hydrogen-bond donors (Lipinski definition) is 1. The van der Waals surface area contributed by atoms with E-state index in [-0.39, 0.29) is 24.3 Å². The monoisotopic (exact) mass is 381 g/mol. The Hall–Kier alpha value is -3.02. The third-order valence-corrected chi connectivity index (χ3v) is 5.03. The van der Waals surface area contributed by atoms with E-state index >= 15 is 0 Å². The van der Waals surface area contributed by atoms with Crippen LogP contribution in [0.3, 0.4) is 0 Å². The van der Waals surface area contributed by atoms with Gasteiger partial charge in [-0.15, -0.1) is 0 Å². The Morgan fingerprint density at radius 2 is 1.64 bits per heavy atom. The number of ether oxygens (including phenoxy) is 1. The summed E-state index contributed by atoms with van der Waals surface area (Å²) in [5.74, 6) is 0.769. The summed E-state index contributed by atoms with van der Waals surface area (Å²) in [7, 11) is 1.66. The zero-order chi connectivity index (χ0) is 19.9. The molecule has 1 aliphatic rings. The second-order valence-corrected chi connectivity index (χ2v) is 6.93. The molecule has 1 atom stereocenters. The van der Waals surface area contributed by atoms with Crippen LogP contribution in [0, 0.1) is 0 Å². The molecule has 0 saturated carbocycles. The number of anilines is 1. The number of methoxy groups -OCH3 is 1. The Morgan fingerprint density at radius 1 is 1.00 bits per heavy atom. The van der Waals surface area contributed by atoms with Gasteiger partial charge in [-0.05, 0) is 29.8 Å². The molecule has 0 aromatic heterocycles. The Kier molecular flexibility index (Phi) is 6.53. The number of piperazine rings is 1. The molecule has 0 radical (unpaired) electrons. The summed E-state index contributed by atoms with van der Waals surface area (Å²) in [6.07, 6.45) is 0.270. The zero-order valence-corrected chi connectivity index (χ0v) is 16.4. The van der Waals surface area contributed by atoms with Gasteiger partial charge in [0.1, 0.15) is 5.75 Å². The SMILES string of the molecule is COc1ccc(N2CCN(C(=O)CC(NC(C)=O)c3ccccc3)CC2)cc1. The van der Waals surface area contributed by atoms with Crippen LogP contribution in [0.4, 0.5) is 5.69 Å². The minimum absolute atomic E-state index is 0.0667. The van der Waals surface area contributed by atoms with E-state index in [1.807, 2.05) is 59.5 Å². The van der Waals surface area contributed by atoms with Gasteiger partial charge in [0.15, 0.2) is 0 Å². The van der Waals surface area contributed by atoms with Crippen LogP contribution >= 0.6 is 0 Å². The molecule has 3 rings (SSSR count). The van der Waals surface area contributed by atoms with Crippen LogP contribution in [0.2, 0.25) is 0 Å². The molecular weight excluding hydrogens is 354 g/mol. The second kappa shape index (κ2) is 9.26. The molecule has 2 aromatic rings. The van der Waals surface area contributed by atoms with Crippen LogP contribution in [-0.2, 0) is 9.59 Å². The van der Waals surface area contributed by atoms with Crippen LogP contribution in [0.5, 0.6) is 5.75 Å². The molecule has 0 spiro atoms. The summed E-state index contributed by atoms with van der Waals surface area (Å²) >= 11 is 0. The van der Waals surface area contributed by atoms with Crippen molar-refractivity contribution >= 4 is 17.5 Å². The lowest BCUT2D eigenvalue weighted by Gasteiger charge is -2.36. The number of nitrogens with zero attached hydrogens (tertiary/aromatic N) is 2. The summed E-state index contributed by atoms with van der Waals surface area (Å²) in [6, 6.07) is 17.3. The molecule has 2 aromatic carbocycles. The number of carbonyl (C=O) groups excluding carboxylic acids is 2. The predicted octanol–water partition coefficient (Wildman–Crippen LogP) is 2.61.